The molecule has 1 unspecified atom stereocenters. The SMILES string of the molecule is CC1(NC(=O)c2cc(=O)c3ccccc3o2)CCNC1. The molecule has 1 atom stereocenters. The minimum absolute atomic E-state index is 0.0572. The van der Waals surface area contributed by atoms with Crippen LogP contribution in [0, 0.1) is 0 Å². The summed E-state index contributed by atoms with van der Waals surface area (Å²) in [4.78, 5) is 24.2. The molecule has 0 spiro atoms. The molecule has 5 heteroatoms. The van der Waals surface area contributed by atoms with Crippen LogP contribution in [-0.2, 0) is 0 Å². The highest BCUT2D eigenvalue weighted by atomic mass is 16.3. The van der Waals surface area contributed by atoms with Gasteiger partial charge in [0.1, 0.15) is 5.58 Å². The summed E-state index contributed by atoms with van der Waals surface area (Å²) in [5.41, 5.74) is -0.0621. The third-order valence-corrected chi connectivity index (χ3v) is 3.64. The molecule has 1 aromatic heterocycles. The van der Waals surface area contributed by atoms with Gasteiger partial charge in [-0.3, -0.25) is 9.59 Å². The first-order valence-corrected chi connectivity index (χ1v) is 6.64. The predicted octanol–water partition coefficient (Wildman–Crippen LogP) is 1.27. The molecule has 1 fully saturated rings. The topological polar surface area (TPSA) is 71.3 Å². The van der Waals surface area contributed by atoms with E-state index in [0.29, 0.717) is 11.0 Å². The zero-order chi connectivity index (χ0) is 14.2. The van der Waals surface area contributed by atoms with Gasteiger partial charge in [-0.05, 0) is 32.0 Å². The summed E-state index contributed by atoms with van der Waals surface area (Å²) in [5, 5.41) is 6.62. The zero-order valence-electron chi connectivity index (χ0n) is 11.2. The van der Waals surface area contributed by atoms with Crippen molar-refractivity contribution in [3.05, 3.63) is 46.3 Å². The molecule has 2 aromatic rings. The minimum Gasteiger partial charge on any atom is -0.451 e. The van der Waals surface area contributed by atoms with Crippen molar-refractivity contribution in [2.24, 2.45) is 0 Å². The highest BCUT2D eigenvalue weighted by Crippen LogP contribution is 2.16. The van der Waals surface area contributed by atoms with E-state index < -0.39 is 0 Å². The van der Waals surface area contributed by atoms with Crippen molar-refractivity contribution in [1.29, 1.82) is 0 Å². The number of hydrogen-bond donors (Lipinski definition) is 2. The Morgan fingerprint density at radius 3 is 2.95 bits per heavy atom. The molecule has 3 rings (SSSR count). The van der Waals surface area contributed by atoms with E-state index in [1.54, 1.807) is 24.3 Å². The lowest BCUT2D eigenvalue weighted by Gasteiger charge is -2.23. The number of para-hydroxylation sites is 1. The first-order valence-electron chi connectivity index (χ1n) is 6.64. The number of carbonyl (C=O) groups is 1. The summed E-state index contributed by atoms with van der Waals surface area (Å²) in [5.74, 6) is -0.291. The summed E-state index contributed by atoms with van der Waals surface area (Å²) in [7, 11) is 0. The minimum atomic E-state index is -0.348. The Morgan fingerprint density at radius 2 is 2.20 bits per heavy atom. The van der Waals surface area contributed by atoms with E-state index in [-0.39, 0.29) is 22.6 Å². The largest absolute Gasteiger partial charge is 0.451 e. The predicted molar refractivity (Wildman–Crippen MR) is 75.8 cm³/mol. The molecule has 104 valence electrons. The van der Waals surface area contributed by atoms with Crippen molar-refractivity contribution < 1.29 is 9.21 Å². The van der Waals surface area contributed by atoms with Crippen LogP contribution < -0.4 is 16.1 Å². The quantitative estimate of drug-likeness (QED) is 0.863. The molecule has 1 amide bonds. The van der Waals surface area contributed by atoms with E-state index in [2.05, 4.69) is 10.6 Å². The average Bonchev–Trinajstić information content (AvgIpc) is 2.85. The first kappa shape index (κ1) is 12.9. The van der Waals surface area contributed by atoms with Crippen LogP contribution in [0.2, 0.25) is 0 Å². The monoisotopic (exact) mass is 272 g/mol. The van der Waals surface area contributed by atoms with Gasteiger partial charge in [-0.15, -0.1) is 0 Å². The Kier molecular flexibility index (Phi) is 3.06. The molecular formula is C15H16N2O3. The van der Waals surface area contributed by atoms with Gasteiger partial charge >= 0.3 is 0 Å². The molecule has 2 heterocycles. The maximum absolute atomic E-state index is 12.2. The Balaban J connectivity index is 1.94. The Hall–Kier alpha value is -2.14. The summed E-state index contributed by atoms with van der Waals surface area (Å²) in [6.45, 7) is 3.57. The normalized spacial score (nSPS) is 22.1. The number of fused-ring (bicyclic) bond motifs is 1. The molecular weight excluding hydrogens is 256 g/mol. The highest BCUT2D eigenvalue weighted by Gasteiger charge is 2.31. The van der Waals surface area contributed by atoms with Crippen LogP contribution in [-0.4, -0.2) is 24.5 Å². The molecule has 5 nitrogen and oxygen atoms in total. The molecule has 1 saturated heterocycles. The fourth-order valence-electron chi connectivity index (χ4n) is 2.48. The molecule has 0 radical (unpaired) electrons. The third kappa shape index (κ3) is 2.32. The van der Waals surface area contributed by atoms with Crippen molar-refractivity contribution in [2.75, 3.05) is 13.1 Å². The summed E-state index contributed by atoms with van der Waals surface area (Å²) in [6, 6.07) is 8.17. The van der Waals surface area contributed by atoms with E-state index in [4.69, 9.17) is 4.42 Å². The fraction of sp³-hybridized carbons (Fsp3) is 0.333. The van der Waals surface area contributed by atoms with Gasteiger partial charge in [0.05, 0.1) is 10.9 Å². The third-order valence-electron chi connectivity index (χ3n) is 3.64. The molecule has 1 aliphatic heterocycles. The van der Waals surface area contributed by atoms with E-state index in [1.165, 1.54) is 6.07 Å². The summed E-state index contributed by atoms with van der Waals surface area (Å²) < 4.78 is 5.53. The van der Waals surface area contributed by atoms with Crippen molar-refractivity contribution in [3.63, 3.8) is 0 Å². The Morgan fingerprint density at radius 1 is 1.40 bits per heavy atom. The second-order valence-electron chi connectivity index (χ2n) is 5.41. The molecule has 0 aliphatic carbocycles. The lowest BCUT2D eigenvalue weighted by Crippen LogP contribution is -2.47. The number of amides is 1. The van der Waals surface area contributed by atoms with E-state index in [1.807, 2.05) is 6.92 Å². The van der Waals surface area contributed by atoms with Crippen molar-refractivity contribution in [2.45, 2.75) is 18.9 Å². The molecule has 1 aromatic carbocycles. The number of rotatable bonds is 2. The van der Waals surface area contributed by atoms with Gasteiger partial charge in [-0.1, -0.05) is 12.1 Å². The Labute approximate surface area is 116 Å². The number of hydrogen-bond acceptors (Lipinski definition) is 4. The molecule has 0 bridgehead atoms. The Bertz CT molecular complexity index is 714. The maximum atomic E-state index is 12.2. The first-order chi connectivity index (χ1) is 9.57. The molecule has 2 N–H and O–H groups in total. The van der Waals surface area contributed by atoms with Gasteiger partial charge in [0.25, 0.3) is 5.91 Å². The van der Waals surface area contributed by atoms with Crippen LogP contribution in [0.1, 0.15) is 23.9 Å². The number of nitrogens with one attached hydrogen (secondary N) is 2. The van der Waals surface area contributed by atoms with Crippen LogP contribution in [0.3, 0.4) is 0 Å². The smallest absolute Gasteiger partial charge is 0.287 e. The van der Waals surface area contributed by atoms with Crippen LogP contribution in [0.25, 0.3) is 11.0 Å². The van der Waals surface area contributed by atoms with Gasteiger partial charge in [-0.2, -0.15) is 0 Å². The molecule has 20 heavy (non-hydrogen) atoms. The van der Waals surface area contributed by atoms with Crippen LogP contribution in [0.15, 0.2) is 39.5 Å². The van der Waals surface area contributed by atoms with Crippen LogP contribution in [0.5, 0.6) is 0 Å². The lowest BCUT2D eigenvalue weighted by atomic mass is 10.0. The maximum Gasteiger partial charge on any atom is 0.287 e. The van der Waals surface area contributed by atoms with Gasteiger partial charge in [0, 0.05) is 12.6 Å². The van der Waals surface area contributed by atoms with Crippen LogP contribution >= 0.6 is 0 Å². The standard InChI is InChI=1S/C15H16N2O3/c1-15(6-7-16-9-15)17-14(19)13-8-11(18)10-4-2-3-5-12(10)20-13/h2-5,8,16H,6-7,9H2,1H3,(H,17,19). The van der Waals surface area contributed by atoms with E-state index in [0.717, 1.165) is 19.5 Å². The fourth-order valence-corrected chi connectivity index (χ4v) is 2.48. The highest BCUT2D eigenvalue weighted by molar-refractivity contribution is 5.93. The zero-order valence-corrected chi connectivity index (χ0v) is 11.2. The average molecular weight is 272 g/mol. The number of carbonyl (C=O) groups excluding carboxylic acids is 1. The summed E-state index contributed by atoms with van der Waals surface area (Å²) in [6.07, 6.45) is 0.858. The van der Waals surface area contributed by atoms with Crippen molar-refractivity contribution in [1.82, 2.24) is 10.6 Å². The lowest BCUT2D eigenvalue weighted by molar-refractivity contribution is 0.0885. The van der Waals surface area contributed by atoms with Gasteiger partial charge in [0.15, 0.2) is 11.2 Å². The van der Waals surface area contributed by atoms with E-state index >= 15 is 0 Å². The second kappa shape index (κ2) is 4.76. The number of benzene rings is 1. The molecule has 1 aliphatic rings. The van der Waals surface area contributed by atoms with Crippen LogP contribution in [0.4, 0.5) is 0 Å². The molecule has 0 saturated carbocycles. The second-order valence-corrected chi connectivity index (χ2v) is 5.41. The van der Waals surface area contributed by atoms with Crippen molar-refractivity contribution >= 4 is 16.9 Å². The van der Waals surface area contributed by atoms with Crippen molar-refractivity contribution in [3.8, 4) is 0 Å². The summed E-state index contributed by atoms with van der Waals surface area (Å²) >= 11 is 0. The van der Waals surface area contributed by atoms with E-state index in [9.17, 15) is 9.59 Å². The van der Waals surface area contributed by atoms with Gasteiger partial charge in [0.2, 0.25) is 0 Å². The van der Waals surface area contributed by atoms with Gasteiger partial charge in [-0.25, -0.2) is 0 Å². The van der Waals surface area contributed by atoms with Gasteiger partial charge < -0.3 is 15.1 Å².